The van der Waals surface area contributed by atoms with Crippen molar-refractivity contribution in [3.8, 4) is 0 Å². The number of nitrogens with one attached hydrogen (secondary N) is 1. The molecule has 0 radical (unpaired) electrons. The summed E-state index contributed by atoms with van der Waals surface area (Å²) in [6.45, 7) is 0. The van der Waals surface area contributed by atoms with Gasteiger partial charge in [0.05, 0.1) is 10.7 Å². The SMILES string of the molecule is Nc1cc(NC(=O)CCCSc2nccs2)ccc1Cl. The molecule has 1 amide bonds. The Kier molecular flexibility index (Phi) is 5.70. The quantitative estimate of drug-likeness (QED) is 0.480. The summed E-state index contributed by atoms with van der Waals surface area (Å²) in [7, 11) is 0. The summed E-state index contributed by atoms with van der Waals surface area (Å²) in [5.41, 5.74) is 6.81. The monoisotopic (exact) mass is 327 g/mol. The van der Waals surface area contributed by atoms with E-state index in [0.29, 0.717) is 22.8 Å². The molecule has 0 atom stereocenters. The van der Waals surface area contributed by atoms with Crippen molar-refractivity contribution in [2.45, 2.75) is 17.2 Å². The largest absolute Gasteiger partial charge is 0.397 e. The van der Waals surface area contributed by atoms with Crippen LogP contribution in [0, 0.1) is 0 Å². The Morgan fingerprint density at radius 2 is 2.35 bits per heavy atom. The van der Waals surface area contributed by atoms with Gasteiger partial charge in [-0.15, -0.1) is 11.3 Å². The van der Waals surface area contributed by atoms with Gasteiger partial charge in [-0.3, -0.25) is 4.79 Å². The molecule has 0 aliphatic heterocycles. The molecule has 0 aliphatic rings. The van der Waals surface area contributed by atoms with Crippen molar-refractivity contribution in [2.24, 2.45) is 0 Å². The number of rotatable bonds is 6. The molecule has 2 rings (SSSR count). The number of carbonyl (C=O) groups is 1. The Bertz CT molecular complexity index is 575. The fraction of sp³-hybridized carbons (Fsp3) is 0.231. The fourth-order valence-electron chi connectivity index (χ4n) is 1.52. The Labute approximate surface area is 130 Å². The van der Waals surface area contributed by atoms with Crippen LogP contribution < -0.4 is 11.1 Å². The first kappa shape index (κ1) is 15.2. The van der Waals surface area contributed by atoms with Crippen LogP contribution in [-0.4, -0.2) is 16.6 Å². The average molecular weight is 328 g/mol. The lowest BCUT2D eigenvalue weighted by Gasteiger charge is -2.06. The number of amides is 1. The number of thiazole rings is 1. The fourth-order valence-corrected chi connectivity index (χ4v) is 3.28. The lowest BCUT2D eigenvalue weighted by Crippen LogP contribution is -2.11. The van der Waals surface area contributed by atoms with Crippen LogP contribution in [0.25, 0.3) is 0 Å². The second-order valence-corrected chi connectivity index (χ2v) is 6.68. The van der Waals surface area contributed by atoms with Crippen molar-refractivity contribution in [1.82, 2.24) is 4.98 Å². The molecule has 2 aromatic rings. The smallest absolute Gasteiger partial charge is 0.224 e. The van der Waals surface area contributed by atoms with E-state index in [4.69, 9.17) is 17.3 Å². The number of nitrogens with two attached hydrogens (primary N) is 1. The number of carbonyl (C=O) groups excluding carboxylic acids is 1. The van der Waals surface area contributed by atoms with Gasteiger partial charge in [0.1, 0.15) is 4.34 Å². The Morgan fingerprint density at radius 1 is 1.50 bits per heavy atom. The maximum atomic E-state index is 11.8. The highest BCUT2D eigenvalue weighted by Gasteiger charge is 2.05. The minimum atomic E-state index is -0.0218. The predicted octanol–water partition coefficient (Wildman–Crippen LogP) is 3.89. The first-order chi connectivity index (χ1) is 9.65. The van der Waals surface area contributed by atoms with E-state index in [1.54, 1.807) is 47.5 Å². The molecule has 4 nitrogen and oxygen atoms in total. The van der Waals surface area contributed by atoms with Crippen molar-refractivity contribution < 1.29 is 4.79 Å². The van der Waals surface area contributed by atoms with Gasteiger partial charge in [0.15, 0.2) is 0 Å². The minimum absolute atomic E-state index is 0.0218. The number of anilines is 2. The number of thioether (sulfide) groups is 1. The average Bonchev–Trinajstić information content (AvgIpc) is 2.92. The molecule has 1 aromatic heterocycles. The summed E-state index contributed by atoms with van der Waals surface area (Å²) in [6.07, 6.45) is 3.06. The molecule has 1 aromatic carbocycles. The normalized spacial score (nSPS) is 10.4. The standard InChI is InChI=1S/C13H14ClN3OS2/c14-10-4-3-9(8-11(10)15)17-12(18)2-1-6-19-13-16-5-7-20-13/h3-5,7-8H,1-2,6,15H2,(H,17,18). The maximum absolute atomic E-state index is 11.8. The molecule has 0 fully saturated rings. The van der Waals surface area contributed by atoms with E-state index in [-0.39, 0.29) is 5.91 Å². The van der Waals surface area contributed by atoms with Gasteiger partial charge in [-0.2, -0.15) is 0 Å². The number of hydrogen-bond acceptors (Lipinski definition) is 5. The van der Waals surface area contributed by atoms with Crippen molar-refractivity contribution in [3.05, 3.63) is 34.8 Å². The lowest BCUT2D eigenvalue weighted by atomic mass is 10.2. The zero-order valence-electron chi connectivity index (χ0n) is 10.6. The van der Waals surface area contributed by atoms with Crippen molar-refractivity contribution >= 4 is 52.0 Å². The molecule has 20 heavy (non-hydrogen) atoms. The van der Waals surface area contributed by atoms with Gasteiger partial charge in [-0.1, -0.05) is 23.4 Å². The molecule has 0 spiro atoms. The van der Waals surface area contributed by atoms with Crippen LogP contribution in [0.15, 0.2) is 34.1 Å². The first-order valence-electron chi connectivity index (χ1n) is 6.02. The van der Waals surface area contributed by atoms with Crippen LogP contribution in [0.2, 0.25) is 5.02 Å². The summed E-state index contributed by atoms with van der Waals surface area (Å²) in [5.74, 6) is 0.857. The predicted molar refractivity (Wildman–Crippen MR) is 86.6 cm³/mol. The molecule has 0 unspecified atom stereocenters. The summed E-state index contributed by atoms with van der Waals surface area (Å²) in [6, 6.07) is 5.07. The molecular formula is C13H14ClN3OS2. The van der Waals surface area contributed by atoms with Gasteiger partial charge in [0.2, 0.25) is 5.91 Å². The number of benzene rings is 1. The summed E-state index contributed by atoms with van der Waals surface area (Å²) >= 11 is 9.11. The molecule has 0 bridgehead atoms. The highest BCUT2D eigenvalue weighted by molar-refractivity contribution is 8.00. The third-order valence-corrected chi connectivity index (χ3v) is 4.86. The minimum Gasteiger partial charge on any atom is -0.397 e. The van der Waals surface area contributed by atoms with Gasteiger partial charge < -0.3 is 11.1 Å². The lowest BCUT2D eigenvalue weighted by molar-refractivity contribution is -0.116. The van der Waals surface area contributed by atoms with Crippen LogP contribution >= 0.6 is 34.7 Å². The van der Waals surface area contributed by atoms with Crippen LogP contribution in [0.3, 0.4) is 0 Å². The van der Waals surface area contributed by atoms with Crippen molar-refractivity contribution in [2.75, 3.05) is 16.8 Å². The van der Waals surface area contributed by atoms with Gasteiger partial charge in [-0.25, -0.2) is 4.98 Å². The number of hydrogen-bond donors (Lipinski definition) is 2. The Morgan fingerprint density at radius 3 is 3.05 bits per heavy atom. The summed E-state index contributed by atoms with van der Waals surface area (Å²) in [4.78, 5) is 15.9. The van der Waals surface area contributed by atoms with E-state index >= 15 is 0 Å². The third kappa shape index (κ3) is 4.70. The van der Waals surface area contributed by atoms with E-state index in [1.807, 2.05) is 5.38 Å². The van der Waals surface area contributed by atoms with E-state index in [0.717, 1.165) is 16.5 Å². The molecule has 0 saturated heterocycles. The zero-order valence-corrected chi connectivity index (χ0v) is 13.0. The Hall–Kier alpha value is -1.24. The number of aromatic nitrogens is 1. The molecular weight excluding hydrogens is 314 g/mol. The topological polar surface area (TPSA) is 68.0 Å². The van der Waals surface area contributed by atoms with Crippen LogP contribution in [0.4, 0.5) is 11.4 Å². The molecule has 7 heteroatoms. The van der Waals surface area contributed by atoms with E-state index in [1.165, 1.54) is 0 Å². The number of nitrogen functional groups attached to an aromatic ring is 1. The third-order valence-electron chi connectivity index (χ3n) is 2.46. The first-order valence-corrected chi connectivity index (χ1v) is 8.26. The van der Waals surface area contributed by atoms with Gasteiger partial charge in [0, 0.05) is 29.4 Å². The molecule has 1 heterocycles. The van der Waals surface area contributed by atoms with E-state index in [9.17, 15) is 4.79 Å². The highest BCUT2D eigenvalue weighted by Crippen LogP contribution is 2.23. The highest BCUT2D eigenvalue weighted by atomic mass is 35.5. The van der Waals surface area contributed by atoms with E-state index in [2.05, 4.69) is 10.3 Å². The number of halogens is 1. The molecule has 3 N–H and O–H groups in total. The Balaban J connectivity index is 1.71. The summed E-state index contributed by atoms with van der Waals surface area (Å²) in [5, 5.41) is 5.24. The second-order valence-electron chi connectivity index (χ2n) is 4.03. The van der Waals surface area contributed by atoms with Crippen LogP contribution in [-0.2, 0) is 4.79 Å². The van der Waals surface area contributed by atoms with Gasteiger partial charge >= 0.3 is 0 Å². The number of nitrogens with zero attached hydrogens (tertiary/aromatic N) is 1. The van der Waals surface area contributed by atoms with Gasteiger partial charge in [-0.05, 0) is 24.6 Å². The van der Waals surface area contributed by atoms with Crippen molar-refractivity contribution in [3.63, 3.8) is 0 Å². The van der Waals surface area contributed by atoms with Crippen LogP contribution in [0.1, 0.15) is 12.8 Å². The van der Waals surface area contributed by atoms with Crippen molar-refractivity contribution in [1.29, 1.82) is 0 Å². The van der Waals surface area contributed by atoms with E-state index < -0.39 is 0 Å². The molecule has 0 saturated carbocycles. The maximum Gasteiger partial charge on any atom is 0.224 e. The summed E-state index contributed by atoms with van der Waals surface area (Å²) < 4.78 is 1.04. The molecule has 106 valence electrons. The zero-order chi connectivity index (χ0) is 14.4. The van der Waals surface area contributed by atoms with Gasteiger partial charge in [0.25, 0.3) is 0 Å². The second kappa shape index (κ2) is 7.52. The molecule has 0 aliphatic carbocycles. The van der Waals surface area contributed by atoms with Crippen LogP contribution in [0.5, 0.6) is 0 Å².